The highest BCUT2D eigenvalue weighted by atomic mass is 16.2. The van der Waals surface area contributed by atoms with E-state index in [2.05, 4.69) is 26.1 Å². The van der Waals surface area contributed by atoms with Crippen molar-refractivity contribution in [1.82, 2.24) is 5.32 Å². The summed E-state index contributed by atoms with van der Waals surface area (Å²) in [7, 11) is 0. The predicted molar refractivity (Wildman–Crippen MR) is 56.9 cm³/mol. The predicted octanol–water partition coefficient (Wildman–Crippen LogP) is 2.34. The molecule has 2 rings (SSSR count). The van der Waals surface area contributed by atoms with Gasteiger partial charge < -0.3 is 5.32 Å². The molecule has 1 atom stereocenters. The second kappa shape index (κ2) is 2.98. The van der Waals surface area contributed by atoms with Crippen molar-refractivity contribution in [3.8, 4) is 0 Å². The Morgan fingerprint density at radius 2 is 1.79 bits per heavy atom. The smallest absolute Gasteiger partial charge is 0.223 e. The highest BCUT2D eigenvalue weighted by Crippen LogP contribution is 2.50. The highest BCUT2D eigenvalue weighted by Gasteiger charge is 2.48. The number of hydrogen-bond donors (Lipinski definition) is 1. The maximum atomic E-state index is 11.5. The molecule has 1 spiro atoms. The molecule has 1 N–H and O–H groups in total. The largest absolute Gasteiger partial charge is 0.355 e. The molecule has 2 heteroatoms. The second-order valence-electron chi connectivity index (χ2n) is 5.97. The minimum Gasteiger partial charge on any atom is -0.355 e. The van der Waals surface area contributed by atoms with Crippen molar-refractivity contribution < 1.29 is 4.79 Å². The molecule has 0 bridgehead atoms. The number of amides is 1. The van der Waals surface area contributed by atoms with E-state index in [1.165, 1.54) is 25.7 Å². The molecule has 0 aromatic heterocycles. The fourth-order valence-electron chi connectivity index (χ4n) is 2.88. The first-order chi connectivity index (χ1) is 6.45. The molecule has 2 nitrogen and oxygen atoms in total. The Morgan fingerprint density at radius 1 is 1.21 bits per heavy atom. The molecule has 0 radical (unpaired) electrons. The molecule has 1 aliphatic carbocycles. The fourth-order valence-corrected chi connectivity index (χ4v) is 2.88. The van der Waals surface area contributed by atoms with Crippen LogP contribution >= 0.6 is 0 Å². The molecular weight excluding hydrogens is 174 g/mol. The molecule has 80 valence electrons. The van der Waals surface area contributed by atoms with Gasteiger partial charge in [0.25, 0.3) is 0 Å². The van der Waals surface area contributed by atoms with Crippen LogP contribution in [0.25, 0.3) is 0 Å². The maximum absolute atomic E-state index is 11.5. The van der Waals surface area contributed by atoms with Gasteiger partial charge in [-0.25, -0.2) is 0 Å². The van der Waals surface area contributed by atoms with Crippen LogP contribution in [0.3, 0.4) is 0 Å². The average molecular weight is 195 g/mol. The van der Waals surface area contributed by atoms with Crippen molar-refractivity contribution in [2.24, 2.45) is 16.7 Å². The Labute approximate surface area is 86.5 Å². The zero-order valence-electron chi connectivity index (χ0n) is 9.52. The SMILES string of the molecule is CC1C(=O)NCC12CCC(C)(C)CC2. The topological polar surface area (TPSA) is 29.1 Å². The molecule has 14 heavy (non-hydrogen) atoms. The number of hydrogen-bond acceptors (Lipinski definition) is 1. The molecule has 2 fully saturated rings. The maximum Gasteiger partial charge on any atom is 0.223 e. The first-order valence-corrected chi connectivity index (χ1v) is 5.73. The summed E-state index contributed by atoms with van der Waals surface area (Å²) in [5.41, 5.74) is 0.795. The van der Waals surface area contributed by atoms with Gasteiger partial charge >= 0.3 is 0 Å². The molecule has 1 heterocycles. The Kier molecular flexibility index (Phi) is 2.13. The summed E-state index contributed by atoms with van der Waals surface area (Å²) >= 11 is 0. The van der Waals surface area contributed by atoms with Crippen LogP contribution in [0, 0.1) is 16.7 Å². The van der Waals surface area contributed by atoms with Crippen LogP contribution < -0.4 is 5.32 Å². The lowest BCUT2D eigenvalue weighted by Gasteiger charge is -2.42. The summed E-state index contributed by atoms with van der Waals surface area (Å²) < 4.78 is 0. The van der Waals surface area contributed by atoms with Gasteiger partial charge in [0.15, 0.2) is 0 Å². The lowest BCUT2D eigenvalue weighted by atomic mass is 9.61. The first-order valence-electron chi connectivity index (χ1n) is 5.73. The Morgan fingerprint density at radius 3 is 2.21 bits per heavy atom. The van der Waals surface area contributed by atoms with Gasteiger partial charge in [-0.15, -0.1) is 0 Å². The van der Waals surface area contributed by atoms with E-state index >= 15 is 0 Å². The summed E-state index contributed by atoms with van der Waals surface area (Å²) in [6.07, 6.45) is 4.98. The molecule has 2 aliphatic rings. The van der Waals surface area contributed by atoms with Crippen molar-refractivity contribution in [2.45, 2.75) is 46.5 Å². The van der Waals surface area contributed by atoms with Crippen molar-refractivity contribution in [2.75, 3.05) is 6.54 Å². The van der Waals surface area contributed by atoms with Crippen LogP contribution in [0.4, 0.5) is 0 Å². The van der Waals surface area contributed by atoms with Crippen LogP contribution in [0.5, 0.6) is 0 Å². The van der Waals surface area contributed by atoms with Gasteiger partial charge in [-0.05, 0) is 36.5 Å². The molecule has 1 aliphatic heterocycles. The van der Waals surface area contributed by atoms with E-state index < -0.39 is 0 Å². The van der Waals surface area contributed by atoms with E-state index in [1.54, 1.807) is 0 Å². The van der Waals surface area contributed by atoms with E-state index in [0.29, 0.717) is 10.8 Å². The van der Waals surface area contributed by atoms with E-state index in [4.69, 9.17) is 0 Å². The molecule has 0 aromatic carbocycles. The summed E-state index contributed by atoms with van der Waals surface area (Å²) in [6, 6.07) is 0. The third-order valence-corrected chi connectivity index (χ3v) is 4.53. The molecular formula is C12H21NO. The van der Waals surface area contributed by atoms with Crippen LogP contribution in [0.2, 0.25) is 0 Å². The van der Waals surface area contributed by atoms with Crippen molar-refractivity contribution >= 4 is 5.91 Å². The average Bonchev–Trinajstić information content (AvgIpc) is 2.40. The first kappa shape index (κ1) is 10.0. The van der Waals surface area contributed by atoms with E-state index in [1.807, 2.05) is 0 Å². The van der Waals surface area contributed by atoms with Gasteiger partial charge in [0.2, 0.25) is 5.91 Å². The third kappa shape index (κ3) is 1.45. The normalized spacial score (nSPS) is 34.5. The van der Waals surface area contributed by atoms with Gasteiger partial charge in [0, 0.05) is 12.5 Å². The second-order valence-corrected chi connectivity index (χ2v) is 5.97. The van der Waals surface area contributed by atoms with E-state index in [0.717, 1.165) is 6.54 Å². The molecule has 1 amide bonds. The quantitative estimate of drug-likeness (QED) is 0.631. The molecule has 0 aromatic rings. The summed E-state index contributed by atoms with van der Waals surface area (Å²) in [4.78, 5) is 11.5. The van der Waals surface area contributed by atoms with Crippen LogP contribution in [0.15, 0.2) is 0 Å². The Bertz CT molecular complexity index is 247. The van der Waals surface area contributed by atoms with Gasteiger partial charge in [0.05, 0.1) is 0 Å². The lowest BCUT2D eigenvalue weighted by molar-refractivity contribution is -0.124. The van der Waals surface area contributed by atoms with Gasteiger partial charge in [-0.3, -0.25) is 4.79 Å². The van der Waals surface area contributed by atoms with Gasteiger partial charge in [0.1, 0.15) is 0 Å². The number of nitrogens with one attached hydrogen (secondary N) is 1. The van der Waals surface area contributed by atoms with Gasteiger partial charge in [-0.1, -0.05) is 20.8 Å². The number of rotatable bonds is 0. The van der Waals surface area contributed by atoms with Crippen LogP contribution in [-0.2, 0) is 4.79 Å². The number of carbonyl (C=O) groups excluding carboxylic acids is 1. The zero-order chi connectivity index (χ0) is 10.4. The molecule has 1 unspecified atom stereocenters. The number of carbonyl (C=O) groups is 1. The standard InChI is InChI=1S/C12H21NO/c1-9-10(14)13-8-12(9)6-4-11(2,3)5-7-12/h9H,4-8H2,1-3H3,(H,13,14). The molecule has 1 saturated carbocycles. The third-order valence-electron chi connectivity index (χ3n) is 4.53. The molecule has 1 saturated heterocycles. The lowest BCUT2D eigenvalue weighted by Crippen LogP contribution is -2.36. The zero-order valence-corrected chi connectivity index (χ0v) is 9.52. The van der Waals surface area contributed by atoms with Crippen molar-refractivity contribution in [3.05, 3.63) is 0 Å². The fraction of sp³-hybridized carbons (Fsp3) is 0.917. The van der Waals surface area contributed by atoms with Crippen molar-refractivity contribution in [1.29, 1.82) is 0 Å². The summed E-state index contributed by atoms with van der Waals surface area (Å²) in [5.74, 6) is 0.503. The van der Waals surface area contributed by atoms with E-state index in [-0.39, 0.29) is 11.8 Å². The highest BCUT2D eigenvalue weighted by molar-refractivity contribution is 5.81. The summed E-state index contributed by atoms with van der Waals surface area (Å²) in [5, 5.41) is 3.02. The monoisotopic (exact) mass is 195 g/mol. The Balaban J connectivity index is 2.10. The van der Waals surface area contributed by atoms with Crippen LogP contribution in [0.1, 0.15) is 46.5 Å². The minimum absolute atomic E-state index is 0.235. The van der Waals surface area contributed by atoms with E-state index in [9.17, 15) is 4.79 Å². The van der Waals surface area contributed by atoms with Crippen LogP contribution in [-0.4, -0.2) is 12.5 Å². The Hall–Kier alpha value is -0.530. The van der Waals surface area contributed by atoms with Crippen molar-refractivity contribution in [3.63, 3.8) is 0 Å². The summed E-state index contributed by atoms with van der Waals surface area (Å²) in [6.45, 7) is 7.70. The van der Waals surface area contributed by atoms with Gasteiger partial charge in [-0.2, -0.15) is 0 Å². The minimum atomic E-state index is 0.235.